The second-order valence-electron chi connectivity index (χ2n) is 24.8. The van der Waals surface area contributed by atoms with Gasteiger partial charge in [0.25, 0.3) is 29.5 Å². The van der Waals surface area contributed by atoms with Crippen LogP contribution in [0.5, 0.6) is 0 Å². The number of nitrogens with one attached hydrogen (secondary N) is 5. The molecule has 0 spiro atoms. The van der Waals surface area contributed by atoms with Gasteiger partial charge < -0.3 is 62.4 Å². The highest BCUT2D eigenvalue weighted by Crippen LogP contribution is 2.33. The van der Waals surface area contributed by atoms with Gasteiger partial charge in [-0.05, 0) is 94.4 Å². The Hall–Kier alpha value is -9.17. The average Bonchev–Trinajstić information content (AvgIpc) is 1.52. The number of nitrogens with two attached hydrogens (primary N) is 3. The SMILES string of the molecule is CC(CC(N)C(=O)NC#N)C(F)(F)F.CC(CC(N)C(=O)O)C(F)(F)F.CC(CC(NC(=O)OC(C)(C)C)C(=O)NC#N)C(F)(F)F.CC(CC(NC(=O)OC(C)(C)C)C(=O)O)C(F)(F)F.CC(CC(NC(=O)OC(C)(C)C)C(=O)ON1C(=O)CCC1=O)C(F)(F)F.Cl.N#CN.O=C1CCC(=O)N1O. The monoisotopic (exact) mass is 1560 g/mol. The van der Waals surface area contributed by atoms with Crippen LogP contribution in [-0.4, -0.2) is 175 Å². The number of ether oxygens (including phenoxy) is 3. The minimum absolute atomic E-state index is 0. The van der Waals surface area contributed by atoms with Gasteiger partial charge in [-0.2, -0.15) is 86.7 Å². The van der Waals surface area contributed by atoms with E-state index in [1.165, 1.54) is 39.4 Å². The molecule has 2 aliphatic heterocycles. The quantitative estimate of drug-likeness (QED) is 0.0148. The van der Waals surface area contributed by atoms with Gasteiger partial charge in [-0.1, -0.05) is 34.6 Å². The molecule has 0 bridgehead atoms. The Kier molecular flexibility index (Phi) is 47.3. The minimum atomic E-state index is -4.62. The van der Waals surface area contributed by atoms with E-state index in [2.05, 4.69) is 10.6 Å². The lowest BCUT2D eigenvalue weighted by Gasteiger charge is -2.25. The van der Waals surface area contributed by atoms with E-state index in [4.69, 9.17) is 56.9 Å². The Labute approximate surface area is 591 Å². The van der Waals surface area contributed by atoms with Crippen molar-refractivity contribution in [3.8, 4) is 18.6 Å². The predicted octanol–water partition coefficient (Wildman–Crippen LogP) is 7.55. The standard InChI is InChI=1S/C15H21F3N2O6.C12H18F3N3O3.C11H18F3NO4.C7H10F3N3O.C6H10F3NO2.C4H5NO3.CH2N2.ClH/c1-8(15(16,17)18)7-9(19-13(24)25-14(2,3)4)12(23)26-20-10(21)5-6-11(20)22;1-7(12(13,14)15)5-8(9(19)17-6-16)18-10(20)21-11(2,3)4;1-6(11(12,13)14)5-7(8(16)17)15-9(18)19-10(2,3)4;1-4(7(8,9)10)2-5(12)6(14)13-3-11;1-3(6(7,8)9)2-4(10)5(11)12;6-3-1-2-4(7)5(3)8;2-1-3;/h8-9H,5-7H2,1-4H3,(H,19,24);7-8H,5H2,1-4H3,(H,17,19)(H,18,20);6-7H,5H2,1-4H3,(H,15,18)(H,16,17);4-5H,2,12H2,1H3,(H,13,14);3-4H,2,10H2,1H3,(H,11,12);8H,1-2H2;2H2;1H. The van der Waals surface area contributed by atoms with Crippen molar-refractivity contribution < 1.29 is 158 Å². The zero-order valence-electron chi connectivity index (χ0n) is 58.1. The van der Waals surface area contributed by atoms with Gasteiger partial charge >= 0.3 is 67.1 Å². The van der Waals surface area contributed by atoms with Gasteiger partial charge in [0.05, 0.1) is 35.6 Å². The van der Waals surface area contributed by atoms with Crippen LogP contribution in [0.1, 0.15) is 155 Å². The van der Waals surface area contributed by atoms with Gasteiger partial charge in [0, 0.05) is 25.7 Å². The summed E-state index contributed by atoms with van der Waals surface area (Å²) in [6.45, 7) is 18.3. The number of amides is 9. The molecular weight excluding hydrogens is 1480 g/mol. The molecule has 0 aromatic rings. The highest BCUT2D eigenvalue weighted by molar-refractivity contribution is 6.02. The molecule has 14 N–H and O–H groups in total. The van der Waals surface area contributed by atoms with Crippen LogP contribution in [0, 0.1) is 64.0 Å². The largest absolute Gasteiger partial charge is 0.480 e. The molecule has 0 saturated carbocycles. The lowest BCUT2D eigenvalue weighted by atomic mass is 10.0. The molecule has 0 radical (unpaired) electrons. The molecule has 2 fully saturated rings. The Bertz CT molecular complexity index is 2910. The highest BCUT2D eigenvalue weighted by atomic mass is 35.5. The number of aliphatic carboxylic acids is 2. The maximum absolute atomic E-state index is 12.8. The van der Waals surface area contributed by atoms with Crippen molar-refractivity contribution in [1.29, 1.82) is 15.8 Å². The highest BCUT2D eigenvalue weighted by Gasteiger charge is 2.45. The second kappa shape index (κ2) is 46.5. The smallest absolute Gasteiger partial charge is 0.408 e. The van der Waals surface area contributed by atoms with Crippen molar-refractivity contribution in [2.75, 3.05) is 0 Å². The molecule has 104 heavy (non-hydrogen) atoms. The molecule has 2 rings (SSSR count). The van der Waals surface area contributed by atoms with Crippen LogP contribution in [0.2, 0.25) is 0 Å². The fourth-order valence-corrected chi connectivity index (χ4v) is 6.38. The zero-order chi connectivity index (χ0) is 82.7. The number of carboxylic acids is 2. The van der Waals surface area contributed by atoms with Crippen molar-refractivity contribution >= 4 is 84.0 Å². The number of alkyl carbamates (subject to hydrolysis) is 3. The van der Waals surface area contributed by atoms with Crippen molar-refractivity contribution in [2.24, 2.45) is 46.8 Å². The molecule has 2 aliphatic rings. The lowest BCUT2D eigenvalue weighted by Crippen LogP contribution is -2.48. The summed E-state index contributed by atoms with van der Waals surface area (Å²) in [5.41, 5.74) is 11.5. The molecular formula is C56H85ClF15N13O19. The van der Waals surface area contributed by atoms with Gasteiger partial charge in [0.1, 0.15) is 41.0 Å². The maximum Gasteiger partial charge on any atom is 0.408 e. The first-order chi connectivity index (χ1) is 46.1. The first kappa shape index (κ1) is 106. The molecule has 0 aromatic heterocycles. The topological polar surface area (TPSA) is 519 Å². The number of halogens is 16. The normalized spacial score (nSPS) is 15.9. The zero-order valence-corrected chi connectivity index (χ0v) is 58.9. The maximum atomic E-state index is 12.8. The third-order valence-electron chi connectivity index (χ3n) is 12.0. The Morgan fingerprint density at radius 2 is 0.702 bits per heavy atom. The van der Waals surface area contributed by atoms with Gasteiger partial charge in [-0.25, -0.2) is 24.0 Å². The van der Waals surface area contributed by atoms with E-state index in [9.17, 15) is 123 Å². The summed E-state index contributed by atoms with van der Waals surface area (Å²) >= 11 is 0. The Balaban J connectivity index is -0.000000283. The van der Waals surface area contributed by atoms with E-state index in [1.54, 1.807) is 52.2 Å². The average molecular weight is 1560 g/mol. The summed E-state index contributed by atoms with van der Waals surface area (Å²) in [5.74, 6) is -17.8. The Morgan fingerprint density at radius 1 is 0.452 bits per heavy atom. The van der Waals surface area contributed by atoms with Gasteiger partial charge in [0.2, 0.25) is 5.91 Å². The molecule has 10 unspecified atom stereocenters. The molecule has 48 heteroatoms. The molecule has 9 amide bonds. The van der Waals surface area contributed by atoms with E-state index in [0.717, 1.165) is 34.6 Å². The van der Waals surface area contributed by atoms with E-state index in [1.807, 2.05) is 16.0 Å². The van der Waals surface area contributed by atoms with Gasteiger partial charge in [-0.3, -0.25) is 49.4 Å². The van der Waals surface area contributed by atoms with Crippen molar-refractivity contribution in [1.82, 2.24) is 36.7 Å². The van der Waals surface area contributed by atoms with Gasteiger partial charge in [-0.15, -0.1) is 17.5 Å². The first-order valence-corrected chi connectivity index (χ1v) is 29.4. The number of rotatable bonds is 19. The molecule has 2 saturated heterocycles. The summed E-state index contributed by atoms with van der Waals surface area (Å²) in [4.78, 5) is 138. The summed E-state index contributed by atoms with van der Waals surface area (Å²) < 4.78 is 199. The van der Waals surface area contributed by atoms with E-state index in [0.29, 0.717) is 0 Å². The van der Waals surface area contributed by atoms with E-state index in [-0.39, 0.29) is 48.2 Å². The minimum Gasteiger partial charge on any atom is -0.480 e. The van der Waals surface area contributed by atoms with Crippen LogP contribution in [0.15, 0.2) is 0 Å². The number of carbonyl (C=O) groups is 12. The van der Waals surface area contributed by atoms with Crippen LogP contribution in [0.3, 0.4) is 0 Å². The van der Waals surface area contributed by atoms with Gasteiger partial charge in [0.15, 0.2) is 18.6 Å². The second-order valence-corrected chi connectivity index (χ2v) is 24.8. The number of carboxylic acid groups (broad SMARTS) is 2. The van der Waals surface area contributed by atoms with Crippen LogP contribution in [0.25, 0.3) is 0 Å². The number of hydroxylamine groups is 4. The molecule has 10 atom stereocenters. The van der Waals surface area contributed by atoms with Crippen LogP contribution >= 0.6 is 12.4 Å². The Morgan fingerprint density at radius 3 is 0.962 bits per heavy atom. The van der Waals surface area contributed by atoms with Crippen LogP contribution in [0.4, 0.5) is 80.2 Å². The van der Waals surface area contributed by atoms with Crippen LogP contribution in [-0.2, 0) is 62.2 Å². The predicted molar refractivity (Wildman–Crippen MR) is 324 cm³/mol. The fourth-order valence-electron chi connectivity index (χ4n) is 6.38. The number of nitriles is 3. The number of carbonyl (C=O) groups excluding carboxylic acids is 10. The van der Waals surface area contributed by atoms with E-state index < -0.39 is 211 Å². The molecule has 32 nitrogen and oxygen atoms in total. The lowest BCUT2D eigenvalue weighted by molar-refractivity contribution is -0.201. The third-order valence-corrected chi connectivity index (χ3v) is 12.0. The number of hydrogen-bond acceptors (Lipinski definition) is 23. The van der Waals surface area contributed by atoms with Crippen molar-refractivity contribution in [2.45, 2.75) is 233 Å². The van der Waals surface area contributed by atoms with E-state index >= 15 is 0 Å². The van der Waals surface area contributed by atoms with Crippen LogP contribution < -0.4 is 43.8 Å². The van der Waals surface area contributed by atoms with Crippen molar-refractivity contribution in [3.63, 3.8) is 0 Å². The third kappa shape index (κ3) is 51.1. The number of alkyl halides is 15. The summed E-state index contributed by atoms with van der Waals surface area (Å²) in [5, 5.41) is 58.6. The molecule has 0 aromatic carbocycles. The summed E-state index contributed by atoms with van der Waals surface area (Å²) in [6.07, 6.45) is -25.2. The van der Waals surface area contributed by atoms with Crippen molar-refractivity contribution in [3.05, 3.63) is 0 Å². The summed E-state index contributed by atoms with van der Waals surface area (Å²) in [6, 6.07) is -7.68. The first-order valence-electron chi connectivity index (χ1n) is 29.4. The number of hydrogen-bond donors (Lipinski definition) is 11. The molecule has 2 heterocycles. The molecule has 600 valence electrons. The number of nitrogens with zero attached hydrogens (tertiary/aromatic N) is 5. The molecule has 0 aliphatic carbocycles. The number of imide groups is 2. The summed E-state index contributed by atoms with van der Waals surface area (Å²) in [7, 11) is 0. The fraction of sp³-hybridized carbons (Fsp3) is 0.732.